The number of sulfonamides is 1. The fourth-order valence-corrected chi connectivity index (χ4v) is 3.77. The minimum Gasteiger partial charge on any atom is -0.321 e. The van der Waals surface area contributed by atoms with Gasteiger partial charge in [-0.3, -0.25) is 4.79 Å². The van der Waals surface area contributed by atoms with Crippen LogP contribution in [0.3, 0.4) is 0 Å². The highest BCUT2D eigenvalue weighted by molar-refractivity contribution is 7.89. The van der Waals surface area contributed by atoms with E-state index in [1.807, 2.05) is 66.7 Å². The summed E-state index contributed by atoms with van der Waals surface area (Å²) in [5.74, 6) is -0.641. The number of nitriles is 1. The molecule has 0 saturated heterocycles. The Balaban J connectivity index is 1.69. The van der Waals surface area contributed by atoms with Crippen LogP contribution < -0.4 is 10.5 Å². The molecule has 168 valence electrons. The maximum absolute atomic E-state index is 12.8. The fourth-order valence-electron chi connectivity index (χ4n) is 3.26. The van der Waals surface area contributed by atoms with Gasteiger partial charge in [-0.15, -0.1) is 0 Å². The summed E-state index contributed by atoms with van der Waals surface area (Å²) in [7, 11) is -3.85. The van der Waals surface area contributed by atoms with E-state index in [9.17, 15) is 18.5 Å². The quantitative estimate of drug-likeness (QED) is 0.328. The number of nitrogens with two attached hydrogens (primary N) is 1. The average molecular weight is 470 g/mol. The topological polar surface area (TPSA) is 131 Å². The Hall–Kier alpha value is -4.52. The van der Waals surface area contributed by atoms with Crippen molar-refractivity contribution in [1.29, 1.82) is 5.26 Å². The standard InChI is InChI=1S/C25H19N5O3S/c26-16-19(25(31)28-21-11-13-23(14-12-21)34(27,32)33)15-20-17-30(22-9-5-2-6-10-22)29-24(20)18-7-3-1-4-8-18/h1-15,17H,(H,28,31)(H2,27,32,33)/b19-15-. The molecular weight excluding hydrogens is 450 g/mol. The van der Waals surface area contributed by atoms with Gasteiger partial charge in [0, 0.05) is 23.0 Å². The Bertz CT molecular complexity index is 1500. The lowest BCUT2D eigenvalue weighted by molar-refractivity contribution is -0.112. The molecule has 0 radical (unpaired) electrons. The third-order valence-electron chi connectivity index (χ3n) is 4.92. The molecule has 0 spiro atoms. The van der Waals surface area contributed by atoms with E-state index < -0.39 is 15.9 Å². The molecule has 9 heteroatoms. The van der Waals surface area contributed by atoms with Crippen LogP contribution in [0.4, 0.5) is 5.69 Å². The van der Waals surface area contributed by atoms with Crippen molar-refractivity contribution in [3.05, 3.63) is 102 Å². The molecule has 0 unspecified atom stereocenters. The van der Waals surface area contributed by atoms with Crippen LogP contribution >= 0.6 is 0 Å². The fraction of sp³-hybridized carbons (Fsp3) is 0. The van der Waals surface area contributed by atoms with Crippen molar-refractivity contribution in [1.82, 2.24) is 9.78 Å². The Kier molecular flexibility index (Phi) is 6.36. The first-order valence-corrected chi connectivity index (χ1v) is 11.7. The summed E-state index contributed by atoms with van der Waals surface area (Å²) < 4.78 is 24.5. The largest absolute Gasteiger partial charge is 0.321 e. The Morgan fingerprint density at radius 3 is 2.18 bits per heavy atom. The summed E-state index contributed by atoms with van der Waals surface area (Å²) in [4.78, 5) is 12.7. The van der Waals surface area contributed by atoms with Crippen molar-refractivity contribution in [2.45, 2.75) is 4.90 Å². The molecule has 0 aliphatic rings. The maximum Gasteiger partial charge on any atom is 0.266 e. The monoisotopic (exact) mass is 469 g/mol. The second-order valence-electron chi connectivity index (χ2n) is 7.27. The van der Waals surface area contributed by atoms with Crippen LogP contribution in [0.1, 0.15) is 5.56 Å². The lowest BCUT2D eigenvalue weighted by Crippen LogP contribution is -2.14. The molecule has 4 rings (SSSR count). The number of amides is 1. The zero-order valence-corrected chi connectivity index (χ0v) is 18.6. The number of nitrogens with one attached hydrogen (secondary N) is 1. The number of aromatic nitrogens is 2. The summed E-state index contributed by atoms with van der Waals surface area (Å²) in [5, 5.41) is 22.0. The molecule has 0 bridgehead atoms. The normalized spacial score (nSPS) is 11.6. The smallest absolute Gasteiger partial charge is 0.266 e. The molecule has 0 saturated carbocycles. The van der Waals surface area contributed by atoms with Gasteiger partial charge in [-0.2, -0.15) is 10.4 Å². The summed E-state index contributed by atoms with van der Waals surface area (Å²) in [5.41, 5.74) is 3.05. The predicted octanol–water partition coefficient (Wildman–Crippen LogP) is 3.73. The van der Waals surface area contributed by atoms with E-state index >= 15 is 0 Å². The van der Waals surface area contributed by atoms with Gasteiger partial charge in [0.1, 0.15) is 11.6 Å². The van der Waals surface area contributed by atoms with E-state index in [2.05, 4.69) is 10.4 Å². The minimum atomic E-state index is -3.85. The Morgan fingerprint density at radius 2 is 1.59 bits per heavy atom. The molecule has 3 N–H and O–H groups in total. The molecule has 0 fully saturated rings. The second-order valence-corrected chi connectivity index (χ2v) is 8.83. The molecule has 1 heterocycles. The summed E-state index contributed by atoms with van der Waals surface area (Å²) in [6.07, 6.45) is 3.23. The van der Waals surface area contributed by atoms with E-state index in [-0.39, 0.29) is 10.5 Å². The Labute approximate surface area is 196 Å². The first-order valence-electron chi connectivity index (χ1n) is 10.1. The molecule has 34 heavy (non-hydrogen) atoms. The van der Waals surface area contributed by atoms with Gasteiger partial charge in [0.2, 0.25) is 10.0 Å². The predicted molar refractivity (Wildman–Crippen MR) is 129 cm³/mol. The number of anilines is 1. The van der Waals surface area contributed by atoms with Gasteiger partial charge < -0.3 is 5.32 Å². The molecule has 0 aliphatic heterocycles. The van der Waals surface area contributed by atoms with Gasteiger partial charge >= 0.3 is 0 Å². The maximum atomic E-state index is 12.8. The van der Waals surface area contributed by atoms with Crippen molar-refractivity contribution < 1.29 is 13.2 Å². The first-order chi connectivity index (χ1) is 16.3. The second kappa shape index (κ2) is 9.54. The van der Waals surface area contributed by atoms with Crippen molar-refractivity contribution in [2.75, 3.05) is 5.32 Å². The van der Waals surface area contributed by atoms with Gasteiger partial charge in [-0.05, 0) is 42.5 Å². The molecule has 3 aromatic carbocycles. The zero-order valence-electron chi connectivity index (χ0n) is 17.8. The summed E-state index contributed by atoms with van der Waals surface area (Å²) >= 11 is 0. The lowest BCUT2D eigenvalue weighted by Gasteiger charge is -2.05. The van der Waals surface area contributed by atoms with Gasteiger partial charge in [-0.25, -0.2) is 18.2 Å². The number of para-hydroxylation sites is 1. The molecule has 1 amide bonds. The number of nitrogens with zero attached hydrogens (tertiary/aromatic N) is 3. The number of benzene rings is 3. The van der Waals surface area contributed by atoms with E-state index in [1.165, 1.54) is 30.3 Å². The number of primary sulfonamides is 1. The highest BCUT2D eigenvalue weighted by Crippen LogP contribution is 2.26. The Morgan fingerprint density at radius 1 is 0.971 bits per heavy atom. The number of hydrogen-bond donors (Lipinski definition) is 2. The third kappa shape index (κ3) is 5.10. The van der Waals surface area contributed by atoms with Gasteiger partial charge in [-0.1, -0.05) is 48.5 Å². The number of carbonyl (C=O) groups excluding carboxylic acids is 1. The van der Waals surface area contributed by atoms with Crippen molar-refractivity contribution in [3.8, 4) is 23.0 Å². The SMILES string of the molecule is N#C/C(=C/c1cn(-c2ccccc2)nc1-c1ccccc1)C(=O)Nc1ccc(S(N)(=O)=O)cc1. The van der Waals surface area contributed by atoms with Crippen LogP contribution in [0.25, 0.3) is 23.0 Å². The first kappa shape index (κ1) is 22.7. The van der Waals surface area contributed by atoms with Crippen LogP contribution in [0, 0.1) is 11.3 Å². The number of hydrogen-bond acceptors (Lipinski definition) is 5. The van der Waals surface area contributed by atoms with Crippen LogP contribution in [-0.2, 0) is 14.8 Å². The van der Waals surface area contributed by atoms with E-state index in [4.69, 9.17) is 5.14 Å². The van der Waals surface area contributed by atoms with Crippen LogP contribution in [-0.4, -0.2) is 24.1 Å². The van der Waals surface area contributed by atoms with Gasteiger partial charge in [0.25, 0.3) is 5.91 Å². The third-order valence-corrected chi connectivity index (χ3v) is 5.85. The van der Waals surface area contributed by atoms with Crippen molar-refractivity contribution in [2.24, 2.45) is 5.14 Å². The van der Waals surface area contributed by atoms with Crippen LogP contribution in [0.5, 0.6) is 0 Å². The average Bonchev–Trinajstić information content (AvgIpc) is 3.27. The summed E-state index contributed by atoms with van der Waals surface area (Å²) in [6, 6.07) is 26.2. The van der Waals surface area contributed by atoms with Gasteiger partial charge in [0.15, 0.2) is 0 Å². The lowest BCUT2D eigenvalue weighted by atomic mass is 10.1. The van der Waals surface area contributed by atoms with E-state index in [1.54, 1.807) is 10.9 Å². The van der Waals surface area contributed by atoms with E-state index in [0.29, 0.717) is 16.9 Å². The molecule has 8 nitrogen and oxygen atoms in total. The van der Waals surface area contributed by atoms with Crippen molar-refractivity contribution >= 4 is 27.7 Å². The number of carbonyl (C=O) groups is 1. The molecule has 1 aromatic heterocycles. The molecule has 0 atom stereocenters. The molecule has 4 aromatic rings. The highest BCUT2D eigenvalue weighted by atomic mass is 32.2. The molecular formula is C25H19N5O3S. The summed E-state index contributed by atoms with van der Waals surface area (Å²) in [6.45, 7) is 0. The van der Waals surface area contributed by atoms with Crippen molar-refractivity contribution in [3.63, 3.8) is 0 Å². The minimum absolute atomic E-state index is 0.0811. The van der Waals surface area contributed by atoms with Crippen LogP contribution in [0.2, 0.25) is 0 Å². The van der Waals surface area contributed by atoms with Crippen LogP contribution in [0.15, 0.2) is 102 Å². The highest BCUT2D eigenvalue weighted by Gasteiger charge is 2.16. The van der Waals surface area contributed by atoms with Gasteiger partial charge in [0.05, 0.1) is 16.3 Å². The molecule has 0 aliphatic carbocycles. The van der Waals surface area contributed by atoms with E-state index in [0.717, 1.165) is 11.3 Å². The number of rotatable bonds is 6. The zero-order chi connectivity index (χ0) is 24.1.